The van der Waals surface area contributed by atoms with Gasteiger partial charge in [-0.15, -0.1) is 0 Å². The zero-order valence-corrected chi connectivity index (χ0v) is 12.4. The van der Waals surface area contributed by atoms with Crippen molar-refractivity contribution in [3.63, 3.8) is 0 Å². The second kappa shape index (κ2) is 6.07. The number of halogens is 1. The van der Waals surface area contributed by atoms with Gasteiger partial charge >= 0.3 is 0 Å². The summed E-state index contributed by atoms with van der Waals surface area (Å²) >= 11 is 0. The van der Waals surface area contributed by atoms with E-state index in [1.807, 2.05) is 30.3 Å². The average Bonchev–Trinajstić information content (AvgIpc) is 3.04. The van der Waals surface area contributed by atoms with Crippen molar-refractivity contribution in [3.05, 3.63) is 59.4 Å². The lowest BCUT2D eigenvalue weighted by molar-refractivity contribution is 0.414. The van der Waals surface area contributed by atoms with Gasteiger partial charge in [-0.05, 0) is 48.7 Å². The van der Waals surface area contributed by atoms with Crippen LogP contribution in [0.15, 0.2) is 42.5 Å². The molecule has 0 amide bonds. The maximum Gasteiger partial charge on any atom is 0.147 e. The van der Waals surface area contributed by atoms with Gasteiger partial charge in [-0.25, -0.2) is 4.39 Å². The molecule has 0 bridgehead atoms. The molecule has 3 rings (SSSR count). The topological polar surface area (TPSA) is 36.3 Å². The first-order chi connectivity index (χ1) is 10.7. The normalized spacial score (nSPS) is 17.3. The molecule has 0 aromatic heterocycles. The third kappa shape index (κ3) is 2.62. The Labute approximate surface area is 129 Å². The van der Waals surface area contributed by atoms with Crippen LogP contribution in [0.2, 0.25) is 0 Å². The number of anilines is 1. The fourth-order valence-electron chi connectivity index (χ4n) is 3.06. The number of nitriles is 1. The lowest BCUT2D eigenvalue weighted by atomic mass is 10.0. The van der Waals surface area contributed by atoms with Gasteiger partial charge in [0.15, 0.2) is 0 Å². The van der Waals surface area contributed by atoms with Gasteiger partial charge in [0.05, 0.1) is 30.5 Å². The minimum Gasteiger partial charge on any atom is -0.497 e. The Morgan fingerprint density at radius 2 is 2.14 bits per heavy atom. The highest BCUT2D eigenvalue weighted by atomic mass is 19.1. The highest BCUT2D eigenvalue weighted by Crippen LogP contribution is 2.38. The van der Waals surface area contributed by atoms with Crippen LogP contribution in [-0.2, 0) is 0 Å². The number of ether oxygens (including phenoxy) is 1. The molecule has 2 aromatic carbocycles. The van der Waals surface area contributed by atoms with Crippen LogP contribution in [0.3, 0.4) is 0 Å². The molecule has 2 aromatic rings. The SMILES string of the molecule is COc1cccc(C2CCCN2c2ccc(C#N)cc2F)c1. The third-order valence-corrected chi connectivity index (χ3v) is 4.12. The molecule has 1 aliphatic heterocycles. The summed E-state index contributed by atoms with van der Waals surface area (Å²) in [6.45, 7) is 0.810. The first-order valence-electron chi connectivity index (χ1n) is 7.33. The van der Waals surface area contributed by atoms with E-state index in [4.69, 9.17) is 10.00 Å². The van der Waals surface area contributed by atoms with Gasteiger partial charge < -0.3 is 9.64 Å². The molecule has 3 nitrogen and oxygen atoms in total. The van der Waals surface area contributed by atoms with Gasteiger partial charge in [-0.2, -0.15) is 5.26 Å². The summed E-state index contributed by atoms with van der Waals surface area (Å²) in [5, 5.41) is 8.86. The molecule has 1 saturated heterocycles. The Kier molecular flexibility index (Phi) is 3.97. The Balaban J connectivity index is 1.95. The van der Waals surface area contributed by atoms with Crippen LogP contribution in [0.25, 0.3) is 0 Å². The average molecular weight is 296 g/mol. The minimum absolute atomic E-state index is 0.137. The maximum absolute atomic E-state index is 14.3. The predicted molar refractivity (Wildman–Crippen MR) is 83.4 cm³/mol. The Hall–Kier alpha value is -2.54. The van der Waals surface area contributed by atoms with Crippen LogP contribution in [0.4, 0.5) is 10.1 Å². The largest absolute Gasteiger partial charge is 0.497 e. The van der Waals surface area contributed by atoms with Gasteiger partial charge in [0.2, 0.25) is 0 Å². The van der Waals surface area contributed by atoms with E-state index in [-0.39, 0.29) is 11.9 Å². The molecule has 4 heteroatoms. The van der Waals surface area contributed by atoms with Crippen molar-refractivity contribution in [2.75, 3.05) is 18.6 Å². The Bertz CT molecular complexity index is 723. The van der Waals surface area contributed by atoms with Crippen LogP contribution < -0.4 is 9.64 Å². The summed E-state index contributed by atoms with van der Waals surface area (Å²) in [5.41, 5.74) is 2.03. The van der Waals surface area contributed by atoms with Gasteiger partial charge in [0, 0.05) is 6.54 Å². The van der Waals surface area contributed by atoms with Crippen molar-refractivity contribution < 1.29 is 9.13 Å². The van der Waals surface area contributed by atoms with Crippen LogP contribution in [0, 0.1) is 17.1 Å². The summed E-state index contributed by atoms with van der Waals surface area (Å²) in [5.74, 6) is 0.471. The molecule has 1 atom stereocenters. The second-order valence-electron chi connectivity index (χ2n) is 5.41. The highest BCUT2D eigenvalue weighted by molar-refractivity contribution is 5.54. The van der Waals surface area contributed by atoms with Crippen LogP contribution in [0.5, 0.6) is 5.75 Å². The van der Waals surface area contributed by atoms with E-state index < -0.39 is 0 Å². The molecule has 1 fully saturated rings. The molecule has 0 spiro atoms. The fourth-order valence-corrected chi connectivity index (χ4v) is 3.06. The zero-order chi connectivity index (χ0) is 15.5. The Morgan fingerprint density at radius 3 is 2.86 bits per heavy atom. The van der Waals surface area contributed by atoms with E-state index in [1.54, 1.807) is 19.2 Å². The van der Waals surface area contributed by atoms with E-state index in [9.17, 15) is 4.39 Å². The summed E-state index contributed by atoms with van der Waals surface area (Å²) in [6, 6.07) is 14.7. The Morgan fingerprint density at radius 1 is 1.27 bits per heavy atom. The highest BCUT2D eigenvalue weighted by Gasteiger charge is 2.28. The van der Waals surface area contributed by atoms with Gasteiger partial charge in [0.1, 0.15) is 11.6 Å². The van der Waals surface area contributed by atoms with Crippen LogP contribution >= 0.6 is 0 Å². The first-order valence-corrected chi connectivity index (χ1v) is 7.33. The predicted octanol–water partition coefficient (Wildman–Crippen LogP) is 4.05. The number of benzene rings is 2. The van der Waals surface area contributed by atoms with Crippen LogP contribution in [-0.4, -0.2) is 13.7 Å². The third-order valence-electron chi connectivity index (χ3n) is 4.12. The van der Waals surface area contributed by atoms with Gasteiger partial charge in [-0.3, -0.25) is 0 Å². The molecule has 112 valence electrons. The molecule has 0 saturated carbocycles. The number of hydrogen-bond acceptors (Lipinski definition) is 3. The van der Waals surface area contributed by atoms with Crippen molar-refractivity contribution in [1.82, 2.24) is 0 Å². The summed E-state index contributed by atoms with van der Waals surface area (Å²) in [7, 11) is 1.64. The van der Waals surface area contributed by atoms with Crippen LogP contribution in [0.1, 0.15) is 30.0 Å². The van der Waals surface area contributed by atoms with Crippen molar-refractivity contribution >= 4 is 5.69 Å². The van der Waals surface area contributed by atoms with E-state index in [0.717, 1.165) is 30.7 Å². The molecule has 1 aliphatic rings. The van der Waals surface area contributed by atoms with Crippen molar-refractivity contribution in [3.8, 4) is 11.8 Å². The molecule has 1 heterocycles. The minimum atomic E-state index is -0.339. The monoisotopic (exact) mass is 296 g/mol. The lowest BCUT2D eigenvalue weighted by Crippen LogP contribution is -2.23. The molecular weight excluding hydrogens is 279 g/mol. The lowest BCUT2D eigenvalue weighted by Gasteiger charge is -2.27. The first kappa shape index (κ1) is 14.4. The number of hydrogen-bond donors (Lipinski definition) is 0. The molecule has 22 heavy (non-hydrogen) atoms. The number of rotatable bonds is 3. The van der Waals surface area contributed by atoms with Crippen molar-refractivity contribution in [2.24, 2.45) is 0 Å². The molecular formula is C18H17FN2O. The van der Waals surface area contributed by atoms with E-state index in [1.165, 1.54) is 6.07 Å². The molecule has 0 radical (unpaired) electrons. The zero-order valence-electron chi connectivity index (χ0n) is 12.4. The smallest absolute Gasteiger partial charge is 0.147 e. The standard InChI is InChI=1S/C18H17FN2O/c1-22-15-5-2-4-14(11-15)17-6-3-9-21(17)18-8-7-13(12-20)10-16(18)19/h2,4-5,7-8,10-11,17H,3,6,9H2,1H3. The second-order valence-corrected chi connectivity index (χ2v) is 5.41. The van der Waals surface area contributed by atoms with Crippen molar-refractivity contribution in [1.29, 1.82) is 5.26 Å². The summed E-state index contributed by atoms with van der Waals surface area (Å²) in [4.78, 5) is 2.07. The van der Waals surface area contributed by atoms with E-state index >= 15 is 0 Å². The van der Waals surface area contributed by atoms with E-state index in [2.05, 4.69) is 4.90 Å². The number of methoxy groups -OCH3 is 1. The number of nitrogens with zero attached hydrogens (tertiary/aromatic N) is 2. The maximum atomic E-state index is 14.3. The molecule has 0 aliphatic carbocycles. The molecule has 0 N–H and O–H groups in total. The summed E-state index contributed by atoms with van der Waals surface area (Å²) in [6.07, 6.45) is 1.99. The fraction of sp³-hybridized carbons (Fsp3) is 0.278. The van der Waals surface area contributed by atoms with Gasteiger partial charge in [-0.1, -0.05) is 12.1 Å². The van der Waals surface area contributed by atoms with Crippen molar-refractivity contribution in [2.45, 2.75) is 18.9 Å². The van der Waals surface area contributed by atoms with E-state index in [0.29, 0.717) is 11.3 Å². The molecule has 1 unspecified atom stereocenters. The quantitative estimate of drug-likeness (QED) is 0.857. The van der Waals surface area contributed by atoms with Gasteiger partial charge in [0.25, 0.3) is 0 Å². The summed E-state index contributed by atoms with van der Waals surface area (Å²) < 4.78 is 19.6.